The van der Waals surface area contributed by atoms with Crippen LogP contribution in [0.5, 0.6) is 0 Å². The van der Waals surface area contributed by atoms with E-state index in [4.69, 9.17) is 5.73 Å². The second kappa shape index (κ2) is 2.88. The van der Waals surface area contributed by atoms with E-state index in [1.54, 1.807) is 0 Å². The number of rotatable bonds is 2. The Morgan fingerprint density at radius 1 is 1.64 bits per heavy atom. The molecule has 60 valence electrons. The van der Waals surface area contributed by atoms with E-state index in [0.29, 0.717) is 6.54 Å². The molecule has 0 spiro atoms. The maximum Gasteiger partial charge on any atom is 0.0320 e. The Labute approximate surface area is 78.7 Å². The molecule has 1 heterocycles. The van der Waals surface area contributed by atoms with Crippen LogP contribution in [0.25, 0.3) is 0 Å². The summed E-state index contributed by atoms with van der Waals surface area (Å²) in [6, 6.07) is 2.15. The molecule has 2 rings (SSSR count). The standard InChI is InChI=1S/C8H10BrNS/c9-7-3-6(4-10)11-8(7)5-1-2-5/h3,5H,1-2,4,10H2. The van der Waals surface area contributed by atoms with Crippen molar-refractivity contribution in [1.82, 2.24) is 0 Å². The van der Waals surface area contributed by atoms with Crippen LogP contribution in [0, 0.1) is 0 Å². The van der Waals surface area contributed by atoms with Crippen molar-refractivity contribution in [2.24, 2.45) is 5.73 Å². The van der Waals surface area contributed by atoms with Gasteiger partial charge < -0.3 is 5.73 Å². The molecule has 1 aromatic heterocycles. The molecule has 1 nitrogen and oxygen atoms in total. The van der Waals surface area contributed by atoms with Gasteiger partial charge in [0, 0.05) is 20.8 Å². The van der Waals surface area contributed by atoms with Crippen molar-refractivity contribution in [3.8, 4) is 0 Å². The molecule has 0 unspecified atom stereocenters. The summed E-state index contributed by atoms with van der Waals surface area (Å²) >= 11 is 5.41. The summed E-state index contributed by atoms with van der Waals surface area (Å²) in [7, 11) is 0. The van der Waals surface area contributed by atoms with Gasteiger partial charge in [0.25, 0.3) is 0 Å². The first kappa shape index (κ1) is 7.77. The molecule has 1 fully saturated rings. The average molecular weight is 232 g/mol. The van der Waals surface area contributed by atoms with E-state index >= 15 is 0 Å². The zero-order valence-electron chi connectivity index (χ0n) is 6.14. The van der Waals surface area contributed by atoms with E-state index in [0.717, 1.165) is 5.92 Å². The van der Waals surface area contributed by atoms with E-state index in [1.165, 1.54) is 27.1 Å². The van der Waals surface area contributed by atoms with Crippen molar-refractivity contribution in [2.45, 2.75) is 25.3 Å². The summed E-state index contributed by atoms with van der Waals surface area (Å²) < 4.78 is 1.27. The van der Waals surface area contributed by atoms with Gasteiger partial charge >= 0.3 is 0 Å². The predicted octanol–water partition coefficient (Wildman–Crippen LogP) is 2.85. The molecule has 3 heteroatoms. The molecule has 1 aliphatic carbocycles. The third kappa shape index (κ3) is 1.50. The fourth-order valence-electron chi connectivity index (χ4n) is 1.16. The molecule has 1 aliphatic rings. The van der Waals surface area contributed by atoms with Crippen LogP contribution in [-0.4, -0.2) is 0 Å². The Kier molecular flexibility index (Phi) is 2.04. The highest BCUT2D eigenvalue weighted by Crippen LogP contribution is 2.47. The maximum absolute atomic E-state index is 5.54. The molecule has 0 atom stereocenters. The van der Waals surface area contributed by atoms with Crippen LogP contribution in [0.3, 0.4) is 0 Å². The zero-order chi connectivity index (χ0) is 7.84. The second-order valence-electron chi connectivity index (χ2n) is 2.90. The second-order valence-corrected chi connectivity index (χ2v) is 4.93. The number of halogens is 1. The van der Waals surface area contributed by atoms with Crippen molar-refractivity contribution < 1.29 is 0 Å². The molecule has 2 N–H and O–H groups in total. The van der Waals surface area contributed by atoms with Gasteiger partial charge in [-0.1, -0.05) is 0 Å². The molecule has 1 aromatic rings. The first-order chi connectivity index (χ1) is 5.31. The van der Waals surface area contributed by atoms with E-state index in [2.05, 4.69) is 22.0 Å². The Bertz CT molecular complexity index is 265. The number of thiophene rings is 1. The van der Waals surface area contributed by atoms with Gasteiger partial charge in [0.15, 0.2) is 0 Å². The zero-order valence-corrected chi connectivity index (χ0v) is 8.54. The molecule has 0 saturated heterocycles. The lowest BCUT2D eigenvalue weighted by molar-refractivity contribution is 1.11. The molecular weight excluding hydrogens is 222 g/mol. The van der Waals surface area contributed by atoms with Crippen molar-refractivity contribution in [3.05, 3.63) is 20.3 Å². The molecule has 0 radical (unpaired) electrons. The Morgan fingerprint density at radius 3 is 2.82 bits per heavy atom. The minimum Gasteiger partial charge on any atom is -0.326 e. The lowest BCUT2D eigenvalue weighted by atomic mass is 10.3. The van der Waals surface area contributed by atoms with E-state index in [1.807, 2.05) is 11.3 Å². The van der Waals surface area contributed by atoms with Crippen LogP contribution in [0.1, 0.15) is 28.5 Å². The highest BCUT2D eigenvalue weighted by atomic mass is 79.9. The lowest BCUT2D eigenvalue weighted by Gasteiger charge is -1.89. The normalized spacial score (nSPS) is 17.3. The first-order valence-electron chi connectivity index (χ1n) is 3.79. The van der Waals surface area contributed by atoms with Crippen molar-refractivity contribution in [1.29, 1.82) is 0 Å². The largest absolute Gasteiger partial charge is 0.326 e. The van der Waals surface area contributed by atoms with E-state index < -0.39 is 0 Å². The van der Waals surface area contributed by atoms with Gasteiger partial charge in [-0.05, 0) is 40.8 Å². The minimum atomic E-state index is 0.677. The summed E-state index contributed by atoms with van der Waals surface area (Å²) in [6.07, 6.45) is 2.73. The van der Waals surface area contributed by atoms with Gasteiger partial charge in [-0.2, -0.15) is 0 Å². The maximum atomic E-state index is 5.54. The molecule has 0 aliphatic heterocycles. The van der Waals surface area contributed by atoms with Crippen molar-refractivity contribution in [3.63, 3.8) is 0 Å². The van der Waals surface area contributed by atoms with Gasteiger partial charge in [0.05, 0.1) is 0 Å². The molecular formula is C8H10BrNS. The van der Waals surface area contributed by atoms with Gasteiger partial charge in [-0.15, -0.1) is 11.3 Å². The predicted molar refractivity (Wildman–Crippen MR) is 51.9 cm³/mol. The van der Waals surface area contributed by atoms with Crippen LogP contribution in [0.15, 0.2) is 10.5 Å². The smallest absolute Gasteiger partial charge is 0.0320 e. The molecule has 0 aromatic carbocycles. The van der Waals surface area contributed by atoms with Crippen molar-refractivity contribution in [2.75, 3.05) is 0 Å². The molecule has 1 saturated carbocycles. The summed E-state index contributed by atoms with van der Waals surface area (Å²) in [5.41, 5.74) is 5.54. The highest BCUT2D eigenvalue weighted by molar-refractivity contribution is 9.10. The fraction of sp³-hybridized carbons (Fsp3) is 0.500. The van der Waals surface area contributed by atoms with E-state index in [-0.39, 0.29) is 0 Å². The summed E-state index contributed by atoms with van der Waals surface area (Å²) in [4.78, 5) is 2.80. The number of hydrogen-bond acceptors (Lipinski definition) is 2. The molecule has 0 amide bonds. The third-order valence-corrected chi connectivity index (χ3v) is 4.15. The molecule has 0 bridgehead atoms. The van der Waals surface area contributed by atoms with Gasteiger partial charge in [-0.3, -0.25) is 0 Å². The van der Waals surface area contributed by atoms with Crippen LogP contribution < -0.4 is 5.73 Å². The van der Waals surface area contributed by atoms with E-state index in [9.17, 15) is 0 Å². The SMILES string of the molecule is NCc1cc(Br)c(C2CC2)s1. The van der Waals surface area contributed by atoms with Crippen LogP contribution in [-0.2, 0) is 6.54 Å². The highest BCUT2D eigenvalue weighted by Gasteiger charge is 2.27. The van der Waals surface area contributed by atoms with Crippen LogP contribution in [0.4, 0.5) is 0 Å². The van der Waals surface area contributed by atoms with Gasteiger partial charge in [0.2, 0.25) is 0 Å². The van der Waals surface area contributed by atoms with Gasteiger partial charge in [-0.25, -0.2) is 0 Å². The quantitative estimate of drug-likeness (QED) is 0.833. The fourth-order valence-corrected chi connectivity index (χ4v) is 3.25. The van der Waals surface area contributed by atoms with Gasteiger partial charge in [0.1, 0.15) is 0 Å². The number of hydrogen-bond donors (Lipinski definition) is 1. The summed E-state index contributed by atoms with van der Waals surface area (Å²) in [6.45, 7) is 0.677. The Morgan fingerprint density at radius 2 is 2.36 bits per heavy atom. The summed E-state index contributed by atoms with van der Waals surface area (Å²) in [5, 5.41) is 0. The van der Waals surface area contributed by atoms with Crippen LogP contribution >= 0.6 is 27.3 Å². The Balaban J connectivity index is 2.30. The minimum absolute atomic E-state index is 0.677. The first-order valence-corrected chi connectivity index (χ1v) is 5.40. The number of nitrogens with two attached hydrogens (primary N) is 1. The lowest BCUT2D eigenvalue weighted by Crippen LogP contribution is -1.91. The topological polar surface area (TPSA) is 26.0 Å². The summed E-state index contributed by atoms with van der Waals surface area (Å²) in [5.74, 6) is 0.842. The third-order valence-electron chi connectivity index (χ3n) is 1.91. The van der Waals surface area contributed by atoms with Crippen molar-refractivity contribution >= 4 is 27.3 Å². The average Bonchev–Trinajstić information content (AvgIpc) is 2.76. The van der Waals surface area contributed by atoms with Crippen LogP contribution in [0.2, 0.25) is 0 Å². The molecule has 11 heavy (non-hydrogen) atoms. The Hall–Kier alpha value is 0.140. The monoisotopic (exact) mass is 231 g/mol.